The first kappa shape index (κ1) is 27.6. The molecule has 2 N–H and O–H groups in total. The number of carbonyl (C=O) groups excluding carboxylic acids is 3. The zero-order valence-electron chi connectivity index (χ0n) is 21.4. The first-order valence-corrected chi connectivity index (χ1v) is 13.0. The van der Waals surface area contributed by atoms with Crippen molar-refractivity contribution in [1.29, 1.82) is 0 Å². The Kier molecular flexibility index (Phi) is 11.3. The first-order chi connectivity index (χ1) is 18.1. The molecular formula is C30H35N3O4. The van der Waals surface area contributed by atoms with Crippen molar-refractivity contribution >= 4 is 34.8 Å². The van der Waals surface area contributed by atoms with E-state index in [1.165, 1.54) is 31.9 Å². The molecular weight excluding hydrogens is 466 g/mol. The van der Waals surface area contributed by atoms with Gasteiger partial charge in [-0.2, -0.15) is 5.10 Å². The van der Waals surface area contributed by atoms with E-state index in [0.717, 1.165) is 30.0 Å². The second-order valence-corrected chi connectivity index (χ2v) is 8.90. The minimum absolute atomic E-state index is 0.142. The molecule has 0 aliphatic heterocycles. The van der Waals surface area contributed by atoms with E-state index in [-0.39, 0.29) is 12.5 Å². The van der Waals surface area contributed by atoms with Crippen LogP contribution in [0.2, 0.25) is 0 Å². The maximum atomic E-state index is 12.6. The summed E-state index contributed by atoms with van der Waals surface area (Å²) in [7, 11) is 0. The van der Waals surface area contributed by atoms with Gasteiger partial charge in [0.25, 0.3) is 5.91 Å². The Bertz CT molecular complexity index is 1210. The highest BCUT2D eigenvalue weighted by Gasteiger charge is 2.13. The predicted molar refractivity (Wildman–Crippen MR) is 147 cm³/mol. The van der Waals surface area contributed by atoms with Crippen molar-refractivity contribution in [3.05, 3.63) is 77.9 Å². The zero-order chi connectivity index (χ0) is 26.3. The Hall–Kier alpha value is -4.00. The standard InChI is InChI=1S/C30H35N3O4/c1-2-3-4-5-6-7-11-18-28(34)31-22-29(35)33-32-21-26-25-17-13-12-14-23(25)19-20-27(26)37-30(36)24-15-9-8-10-16-24/h8-10,12-17,19-21H,2-7,11,18,22H2,1H3,(H,31,34)(H,33,35)/b32-21+. The van der Waals surface area contributed by atoms with E-state index in [1.807, 2.05) is 36.4 Å². The third-order valence-electron chi connectivity index (χ3n) is 5.98. The lowest BCUT2D eigenvalue weighted by Crippen LogP contribution is -2.34. The van der Waals surface area contributed by atoms with E-state index in [4.69, 9.17) is 4.74 Å². The fraction of sp³-hybridized carbons (Fsp3) is 0.333. The molecule has 0 unspecified atom stereocenters. The quantitative estimate of drug-likeness (QED) is 0.0964. The van der Waals surface area contributed by atoms with Gasteiger partial charge in [0, 0.05) is 12.0 Å². The number of hydrazone groups is 1. The second kappa shape index (κ2) is 15.2. The Morgan fingerprint density at radius 2 is 1.51 bits per heavy atom. The number of nitrogens with zero attached hydrogens (tertiary/aromatic N) is 1. The Morgan fingerprint density at radius 3 is 2.30 bits per heavy atom. The van der Waals surface area contributed by atoms with Crippen LogP contribution in [-0.4, -0.2) is 30.5 Å². The van der Waals surface area contributed by atoms with Gasteiger partial charge >= 0.3 is 5.97 Å². The van der Waals surface area contributed by atoms with Crippen molar-refractivity contribution in [3.63, 3.8) is 0 Å². The minimum Gasteiger partial charge on any atom is -0.422 e. The van der Waals surface area contributed by atoms with Gasteiger partial charge in [0.15, 0.2) is 0 Å². The lowest BCUT2D eigenvalue weighted by molar-refractivity contribution is -0.126. The number of esters is 1. The van der Waals surface area contributed by atoms with Crippen LogP contribution in [0.3, 0.4) is 0 Å². The van der Waals surface area contributed by atoms with Crippen LogP contribution in [0.1, 0.15) is 74.2 Å². The molecule has 3 rings (SSSR count). The molecule has 0 radical (unpaired) electrons. The molecule has 0 aliphatic carbocycles. The maximum Gasteiger partial charge on any atom is 0.343 e. The fourth-order valence-electron chi connectivity index (χ4n) is 3.95. The van der Waals surface area contributed by atoms with Crippen molar-refractivity contribution in [2.45, 2.75) is 58.3 Å². The van der Waals surface area contributed by atoms with E-state index in [9.17, 15) is 14.4 Å². The van der Waals surface area contributed by atoms with Gasteiger partial charge in [0.05, 0.1) is 18.3 Å². The summed E-state index contributed by atoms with van der Waals surface area (Å²) in [6.45, 7) is 2.04. The normalized spacial score (nSPS) is 10.9. The molecule has 0 aromatic heterocycles. The van der Waals surface area contributed by atoms with Crippen molar-refractivity contribution in [3.8, 4) is 5.75 Å². The first-order valence-electron chi connectivity index (χ1n) is 13.0. The monoisotopic (exact) mass is 501 g/mol. The van der Waals surface area contributed by atoms with Crippen molar-refractivity contribution in [1.82, 2.24) is 10.7 Å². The number of fused-ring (bicyclic) bond motifs is 1. The molecule has 0 aliphatic rings. The van der Waals surface area contributed by atoms with Gasteiger partial charge in [-0.05, 0) is 35.4 Å². The van der Waals surface area contributed by atoms with Gasteiger partial charge in [-0.25, -0.2) is 10.2 Å². The molecule has 0 fully saturated rings. The second-order valence-electron chi connectivity index (χ2n) is 8.90. The summed E-state index contributed by atoms with van der Waals surface area (Å²) < 4.78 is 5.65. The van der Waals surface area contributed by atoms with E-state index >= 15 is 0 Å². The van der Waals surface area contributed by atoms with Crippen LogP contribution in [0.25, 0.3) is 10.8 Å². The van der Waals surface area contributed by atoms with Gasteiger partial charge in [-0.3, -0.25) is 9.59 Å². The minimum atomic E-state index is -0.488. The van der Waals surface area contributed by atoms with Crippen LogP contribution in [0, 0.1) is 0 Å². The molecule has 7 heteroatoms. The number of nitrogens with one attached hydrogen (secondary N) is 2. The number of ether oxygens (including phenoxy) is 1. The molecule has 0 saturated heterocycles. The smallest absolute Gasteiger partial charge is 0.343 e. The van der Waals surface area contributed by atoms with E-state index < -0.39 is 11.9 Å². The summed E-state index contributed by atoms with van der Waals surface area (Å²) in [5.41, 5.74) is 3.43. The van der Waals surface area contributed by atoms with E-state index in [0.29, 0.717) is 23.3 Å². The summed E-state index contributed by atoms with van der Waals surface area (Å²) in [5.74, 6) is -0.740. The highest BCUT2D eigenvalue weighted by Crippen LogP contribution is 2.27. The molecule has 3 aromatic rings. The van der Waals surface area contributed by atoms with Gasteiger partial charge in [-0.1, -0.05) is 94.0 Å². The lowest BCUT2D eigenvalue weighted by atomic mass is 10.0. The highest BCUT2D eigenvalue weighted by molar-refractivity contribution is 6.04. The molecule has 0 saturated carbocycles. The van der Waals surface area contributed by atoms with Gasteiger partial charge in [-0.15, -0.1) is 0 Å². The molecule has 0 atom stereocenters. The summed E-state index contributed by atoms with van der Waals surface area (Å²) >= 11 is 0. The van der Waals surface area contributed by atoms with E-state index in [1.54, 1.807) is 30.3 Å². The van der Waals surface area contributed by atoms with Gasteiger partial charge in [0.1, 0.15) is 5.75 Å². The SMILES string of the molecule is CCCCCCCCCC(=O)NCC(=O)N/N=C/c1c(OC(=O)c2ccccc2)ccc2ccccc12. The number of hydrogen-bond acceptors (Lipinski definition) is 5. The topological polar surface area (TPSA) is 96.9 Å². The molecule has 2 amide bonds. The fourth-order valence-corrected chi connectivity index (χ4v) is 3.95. The van der Waals surface area contributed by atoms with E-state index in [2.05, 4.69) is 22.8 Å². The number of amides is 2. The average Bonchev–Trinajstić information content (AvgIpc) is 2.92. The molecule has 0 bridgehead atoms. The molecule has 194 valence electrons. The molecule has 7 nitrogen and oxygen atoms in total. The number of benzene rings is 3. The van der Waals surface area contributed by atoms with Crippen LogP contribution < -0.4 is 15.5 Å². The Morgan fingerprint density at radius 1 is 0.811 bits per heavy atom. The van der Waals surface area contributed by atoms with Crippen molar-refractivity contribution in [2.75, 3.05) is 6.54 Å². The number of carbonyl (C=O) groups is 3. The molecule has 37 heavy (non-hydrogen) atoms. The summed E-state index contributed by atoms with van der Waals surface area (Å²) in [6.07, 6.45) is 9.79. The van der Waals surface area contributed by atoms with Gasteiger partial charge in [0.2, 0.25) is 5.91 Å². The number of unbranched alkanes of at least 4 members (excludes halogenated alkanes) is 6. The summed E-state index contributed by atoms with van der Waals surface area (Å²) in [5, 5.41) is 8.45. The third kappa shape index (κ3) is 9.18. The van der Waals surface area contributed by atoms with Crippen molar-refractivity contribution in [2.24, 2.45) is 5.10 Å². The Balaban J connectivity index is 1.53. The largest absolute Gasteiger partial charge is 0.422 e. The third-order valence-corrected chi connectivity index (χ3v) is 5.98. The predicted octanol–water partition coefficient (Wildman–Crippen LogP) is 5.77. The summed E-state index contributed by atoms with van der Waals surface area (Å²) in [4.78, 5) is 36.8. The lowest BCUT2D eigenvalue weighted by Gasteiger charge is -2.10. The Labute approximate surface area is 218 Å². The van der Waals surface area contributed by atoms with Gasteiger partial charge < -0.3 is 10.1 Å². The van der Waals surface area contributed by atoms with Crippen LogP contribution in [0.5, 0.6) is 5.75 Å². The number of rotatable bonds is 14. The molecule has 3 aromatic carbocycles. The highest BCUT2D eigenvalue weighted by atomic mass is 16.5. The molecule has 0 spiro atoms. The average molecular weight is 502 g/mol. The zero-order valence-corrected chi connectivity index (χ0v) is 21.4. The summed E-state index contributed by atoms with van der Waals surface area (Å²) in [6, 6.07) is 19.9. The molecule has 0 heterocycles. The van der Waals surface area contributed by atoms with Crippen LogP contribution in [-0.2, 0) is 9.59 Å². The van der Waals surface area contributed by atoms with Crippen LogP contribution in [0.15, 0.2) is 71.8 Å². The maximum absolute atomic E-state index is 12.6. The van der Waals surface area contributed by atoms with Crippen LogP contribution in [0.4, 0.5) is 0 Å². The van der Waals surface area contributed by atoms with Crippen LogP contribution >= 0.6 is 0 Å². The number of hydrogen-bond donors (Lipinski definition) is 2. The van der Waals surface area contributed by atoms with Crippen molar-refractivity contribution < 1.29 is 19.1 Å².